The number of likely N-dealkylation sites (tertiary alicyclic amines) is 1. The molecule has 0 spiro atoms. The number of piperidine rings is 1. The minimum atomic E-state index is -3.69. The fourth-order valence-electron chi connectivity index (χ4n) is 5.09. The molecule has 3 heterocycles. The van der Waals surface area contributed by atoms with Crippen LogP contribution in [0.15, 0.2) is 53.6 Å². The van der Waals surface area contributed by atoms with Gasteiger partial charge in [0.15, 0.2) is 0 Å². The van der Waals surface area contributed by atoms with Crippen molar-refractivity contribution in [2.75, 3.05) is 33.3 Å². The number of rotatable bonds is 5. The van der Waals surface area contributed by atoms with E-state index in [0.29, 0.717) is 37.7 Å². The lowest BCUT2D eigenvalue weighted by atomic mass is 9.89. The topological polar surface area (TPSA) is 82.7 Å². The standard InChI is InChI=1S/C25H29N3O4S/c1-32-23-9-8-19(16-24(23)33(30,31)28-12-4-5-13-28)25(29)27-14-10-18(11-15-27)21-17-26-22-7-3-2-6-20(21)22/h2-3,6-9,16-18,26H,4-5,10-15H2,1H3. The maximum atomic E-state index is 13.3. The Balaban J connectivity index is 1.34. The van der Waals surface area contributed by atoms with Gasteiger partial charge >= 0.3 is 0 Å². The third-order valence-corrected chi connectivity index (χ3v) is 8.86. The van der Waals surface area contributed by atoms with Crippen molar-refractivity contribution < 1.29 is 17.9 Å². The zero-order chi connectivity index (χ0) is 23.0. The van der Waals surface area contributed by atoms with Crippen molar-refractivity contribution in [1.29, 1.82) is 0 Å². The largest absolute Gasteiger partial charge is 0.495 e. The molecular formula is C25H29N3O4S. The van der Waals surface area contributed by atoms with Gasteiger partial charge < -0.3 is 14.6 Å². The van der Waals surface area contributed by atoms with Gasteiger partial charge in [0.05, 0.1) is 7.11 Å². The smallest absolute Gasteiger partial charge is 0.253 e. The van der Waals surface area contributed by atoms with Crippen LogP contribution in [0.4, 0.5) is 0 Å². The van der Waals surface area contributed by atoms with Crippen molar-refractivity contribution in [2.45, 2.75) is 36.5 Å². The van der Waals surface area contributed by atoms with Gasteiger partial charge in [-0.15, -0.1) is 0 Å². The quantitative estimate of drug-likeness (QED) is 0.615. The van der Waals surface area contributed by atoms with Crippen LogP contribution in [-0.2, 0) is 10.0 Å². The fourth-order valence-corrected chi connectivity index (χ4v) is 6.79. The molecule has 0 atom stereocenters. The zero-order valence-electron chi connectivity index (χ0n) is 18.8. The Morgan fingerprint density at radius 1 is 1.03 bits per heavy atom. The fraction of sp³-hybridized carbons (Fsp3) is 0.400. The number of hydrogen-bond donors (Lipinski definition) is 1. The summed E-state index contributed by atoms with van der Waals surface area (Å²) in [7, 11) is -2.24. The summed E-state index contributed by atoms with van der Waals surface area (Å²) in [5.74, 6) is 0.538. The van der Waals surface area contributed by atoms with Crippen LogP contribution in [0.25, 0.3) is 10.9 Å². The number of H-pyrrole nitrogens is 1. The van der Waals surface area contributed by atoms with Crippen LogP contribution in [0.1, 0.15) is 47.5 Å². The van der Waals surface area contributed by atoms with Crippen molar-refractivity contribution in [3.05, 3.63) is 59.8 Å². The number of sulfonamides is 1. The predicted molar refractivity (Wildman–Crippen MR) is 127 cm³/mol. The molecule has 0 radical (unpaired) electrons. The molecule has 0 saturated carbocycles. The maximum Gasteiger partial charge on any atom is 0.253 e. The molecule has 0 unspecified atom stereocenters. The van der Waals surface area contributed by atoms with E-state index in [-0.39, 0.29) is 16.6 Å². The van der Waals surface area contributed by atoms with Gasteiger partial charge in [-0.1, -0.05) is 18.2 Å². The van der Waals surface area contributed by atoms with Crippen LogP contribution in [0.5, 0.6) is 5.75 Å². The van der Waals surface area contributed by atoms with Crippen LogP contribution in [-0.4, -0.2) is 61.8 Å². The van der Waals surface area contributed by atoms with Gasteiger partial charge in [-0.2, -0.15) is 4.31 Å². The molecule has 2 saturated heterocycles. The highest BCUT2D eigenvalue weighted by Gasteiger charge is 2.32. The molecule has 1 aromatic heterocycles. The molecule has 1 amide bonds. The van der Waals surface area contributed by atoms with E-state index in [2.05, 4.69) is 29.4 Å². The summed E-state index contributed by atoms with van der Waals surface area (Å²) >= 11 is 0. The Hall–Kier alpha value is -2.84. The second kappa shape index (κ2) is 8.83. The Kier molecular flexibility index (Phi) is 5.88. The van der Waals surface area contributed by atoms with E-state index in [9.17, 15) is 13.2 Å². The van der Waals surface area contributed by atoms with Crippen molar-refractivity contribution in [2.24, 2.45) is 0 Å². The lowest BCUT2D eigenvalue weighted by Crippen LogP contribution is -2.38. The Labute approximate surface area is 194 Å². The molecule has 3 aromatic rings. The number of methoxy groups -OCH3 is 1. The summed E-state index contributed by atoms with van der Waals surface area (Å²) < 4.78 is 33.1. The van der Waals surface area contributed by atoms with Crippen molar-refractivity contribution in [3.8, 4) is 5.75 Å². The second-order valence-corrected chi connectivity index (χ2v) is 10.7. The third-order valence-electron chi connectivity index (χ3n) is 6.94. The highest BCUT2D eigenvalue weighted by atomic mass is 32.2. The van der Waals surface area contributed by atoms with Crippen LogP contribution in [0.3, 0.4) is 0 Å². The molecule has 0 bridgehead atoms. The number of hydrogen-bond acceptors (Lipinski definition) is 4. The normalized spacial score (nSPS) is 18.2. The summed E-state index contributed by atoms with van der Waals surface area (Å²) in [4.78, 5) is 18.5. The Bertz CT molecular complexity index is 1270. The molecule has 33 heavy (non-hydrogen) atoms. The van der Waals surface area contributed by atoms with Crippen LogP contribution >= 0.6 is 0 Å². The Morgan fingerprint density at radius 2 is 1.76 bits per heavy atom. The van der Waals surface area contributed by atoms with E-state index in [4.69, 9.17) is 4.74 Å². The van der Waals surface area contributed by atoms with Crippen molar-refractivity contribution >= 4 is 26.8 Å². The molecule has 2 aromatic carbocycles. The first-order valence-electron chi connectivity index (χ1n) is 11.5. The van der Waals surface area contributed by atoms with Crippen LogP contribution in [0.2, 0.25) is 0 Å². The monoisotopic (exact) mass is 467 g/mol. The van der Waals surface area contributed by atoms with Gasteiger partial charge in [0.1, 0.15) is 10.6 Å². The highest BCUT2D eigenvalue weighted by Crippen LogP contribution is 2.34. The number of aromatic nitrogens is 1. The molecule has 0 aliphatic carbocycles. The SMILES string of the molecule is COc1ccc(C(=O)N2CCC(c3c[nH]c4ccccc34)CC2)cc1S(=O)(=O)N1CCCC1. The zero-order valence-corrected chi connectivity index (χ0v) is 19.6. The third kappa shape index (κ3) is 4.02. The van der Waals surface area contributed by atoms with Gasteiger partial charge in [-0.25, -0.2) is 8.42 Å². The number of para-hydroxylation sites is 1. The number of ether oxygens (including phenoxy) is 1. The lowest BCUT2D eigenvalue weighted by molar-refractivity contribution is 0.0713. The van der Waals surface area contributed by atoms with E-state index >= 15 is 0 Å². The number of benzene rings is 2. The second-order valence-electron chi connectivity index (χ2n) is 8.83. The first-order valence-corrected chi connectivity index (χ1v) is 13.0. The number of carbonyl (C=O) groups excluding carboxylic acids is 1. The van der Waals surface area contributed by atoms with E-state index < -0.39 is 10.0 Å². The minimum absolute atomic E-state index is 0.0754. The maximum absolute atomic E-state index is 13.3. The molecule has 2 aliphatic heterocycles. The number of nitrogens with one attached hydrogen (secondary N) is 1. The predicted octanol–water partition coefficient (Wildman–Crippen LogP) is 3.98. The van der Waals surface area contributed by atoms with E-state index in [0.717, 1.165) is 31.2 Å². The summed E-state index contributed by atoms with van der Waals surface area (Å²) in [5, 5.41) is 1.24. The first kappa shape index (κ1) is 22.0. The Morgan fingerprint density at radius 3 is 2.48 bits per heavy atom. The lowest BCUT2D eigenvalue weighted by Gasteiger charge is -2.32. The first-order chi connectivity index (χ1) is 16.0. The number of fused-ring (bicyclic) bond motifs is 1. The molecular weight excluding hydrogens is 438 g/mol. The van der Waals surface area contributed by atoms with Gasteiger partial charge in [0, 0.05) is 48.8 Å². The van der Waals surface area contributed by atoms with E-state index in [1.165, 1.54) is 28.4 Å². The molecule has 5 rings (SSSR count). The molecule has 2 fully saturated rings. The number of aromatic amines is 1. The van der Waals surface area contributed by atoms with Gasteiger partial charge in [-0.3, -0.25) is 4.79 Å². The van der Waals surface area contributed by atoms with Crippen molar-refractivity contribution in [1.82, 2.24) is 14.2 Å². The molecule has 2 aliphatic rings. The summed E-state index contributed by atoms with van der Waals surface area (Å²) in [6.45, 7) is 2.29. The molecule has 8 heteroatoms. The van der Waals surface area contributed by atoms with Crippen LogP contribution < -0.4 is 4.74 Å². The van der Waals surface area contributed by atoms with Gasteiger partial charge in [0.2, 0.25) is 10.0 Å². The summed E-state index contributed by atoms with van der Waals surface area (Å²) in [6.07, 6.45) is 5.55. The molecule has 174 valence electrons. The average molecular weight is 468 g/mol. The van der Waals surface area contributed by atoms with E-state index in [1.807, 2.05) is 11.0 Å². The highest BCUT2D eigenvalue weighted by molar-refractivity contribution is 7.89. The molecule has 7 nitrogen and oxygen atoms in total. The minimum Gasteiger partial charge on any atom is -0.495 e. The van der Waals surface area contributed by atoms with Crippen molar-refractivity contribution in [3.63, 3.8) is 0 Å². The summed E-state index contributed by atoms with van der Waals surface area (Å²) in [6, 6.07) is 13.0. The van der Waals surface area contributed by atoms with Gasteiger partial charge in [0.25, 0.3) is 5.91 Å². The number of nitrogens with zero attached hydrogens (tertiary/aromatic N) is 2. The number of amides is 1. The molecule has 1 N–H and O–H groups in total. The average Bonchev–Trinajstić information content (AvgIpc) is 3.54. The summed E-state index contributed by atoms with van der Waals surface area (Å²) in [5.41, 5.74) is 2.83. The van der Waals surface area contributed by atoms with Gasteiger partial charge in [-0.05, 0) is 61.4 Å². The number of carbonyl (C=O) groups is 1. The van der Waals surface area contributed by atoms with Crippen LogP contribution in [0, 0.1) is 0 Å². The van der Waals surface area contributed by atoms with E-state index in [1.54, 1.807) is 12.1 Å².